The maximum Gasteiger partial charge on any atom is 0.246 e. The quantitative estimate of drug-likeness (QED) is 0.765. The molecule has 1 saturated carbocycles. The van der Waals surface area contributed by atoms with Gasteiger partial charge in [-0.15, -0.1) is 11.3 Å². The molecule has 0 spiro atoms. The second kappa shape index (κ2) is 7.93. The number of carbonyl (C=O) groups is 1. The maximum absolute atomic E-state index is 11.3. The topological polar surface area (TPSA) is 102 Å². The van der Waals surface area contributed by atoms with Crippen LogP contribution in [-0.2, 0) is 11.2 Å². The van der Waals surface area contributed by atoms with Gasteiger partial charge in [-0.2, -0.15) is 0 Å². The standard InChI is InChI=1S/C20H28N4O3S/c1-24(2)12-4-6-13(7-5-12)27-19-17-16-11(9-14(25)18(21)26)3-8-15(16)28-20(17)23-10-22-19/h10-14,25H,3-9H2,1-2H3,(H2,21,26)/t11-,12-,13-,14?/m1/s1. The van der Waals surface area contributed by atoms with Gasteiger partial charge in [0.1, 0.15) is 23.4 Å². The Kier molecular flexibility index (Phi) is 5.53. The van der Waals surface area contributed by atoms with Gasteiger partial charge in [-0.3, -0.25) is 4.79 Å². The van der Waals surface area contributed by atoms with Crippen molar-refractivity contribution in [1.29, 1.82) is 0 Å². The van der Waals surface area contributed by atoms with Crippen molar-refractivity contribution in [2.24, 2.45) is 5.73 Å². The molecule has 2 aliphatic rings. The van der Waals surface area contributed by atoms with Crippen molar-refractivity contribution < 1.29 is 14.6 Å². The van der Waals surface area contributed by atoms with Gasteiger partial charge in [-0.25, -0.2) is 9.97 Å². The van der Waals surface area contributed by atoms with Gasteiger partial charge in [-0.1, -0.05) is 0 Å². The number of ether oxygens (including phenoxy) is 1. The smallest absolute Gasteiger partial charge is 0.246 e. The number of hydrogen-bond acceptors (Lipinski definition) is 7. The number of aliphatic hydroxyl groups is 1. The maximum atomic E-state index is 11.3. The second-order valence-corrected chi connectivity index (χ2v) is 9.28. The van der Waals surface area contributed by atoms with Crippen LogP contribution in [0, 0.1) is 0 Å². The molecule has 8 heteroatoms. The van der Waals surface area contributed by atoms with Gasteiger partial charge in [0.25, 0.3) is 0 Å². The van der Waals surface area contributed by atoms with Crippen LogP contribution in [-0.4, -0.2) is 58.2 Å². The Balaban J connectivity index is 1.58. The highest BCUT2D eigenvalue weighted by atomic mass is 32.1. The molecule has 2 aromatic heterocycles. The number of aromatic nitrogens is 2. The molecule has 7 nitrogen and oxygen atoms in total. The van der Waals surface area contributed by atoms with Crippen molar-refractivity contribution in [3.05, 3.63) is 16.8 Å². The van der Waals surface area contributed by atoms with E-state index < -0.39 is 12.0 Å². The predicted molar refractivity (Wildman–Crippen MR) is 109 cm³/mol. The van der Waals surface area contributed by atoms with Crippen molar-refractivity contribution in [2.75, 3.05) is 14.1 Å². The summed E-state index contributed by atoms with van der Waals surface area (Å²) in [6.07, 6.45) is 7.08. The van der Waals surface area contributed by atoms with Gasteiger partial charge in [0.15, 0.2) is 0 Å². The molecule has 0 saturated heterocycles. The van der Waals surface area contributed by atoms with Gasteiger partial charge in [0.2, 0.25) is 11.8 Å². The Morgan fingerprint density at radius 2 is 2.07 bits per heavy atom. The lowest BCUT2D eigenvalue weighted by atomic mass is 9.92. The normalized spacial score (nSPS) is 25.8. The minimum atomic E-state index is -1.12. The molecule has 3 N–H and O–H groups in total. The number of fused-ring (bicyclic) bond motifs is 3. The predicted octanol–water partition coefficient (Wildman–Crippen LogP) is 2.21. The summed E-state index contributed by atoms with van der Waals surface area (Å²) in [6, 6.07) is 0.621. The summed E-state index contributed by atoms with van der Waals surface area (Å²) in [7, 11) is 4.27. The van der Waals surface area contributed by atoms with E-state index in [0.29, 0.717) is 18.3 Å². The fourth-order valence-electron chi connectivity index (χ4n) is 4.59. The summed E-state index contributed by atoms with van der Waals surface area (Å²) in [5.74, 6) is 0.0682. The summed E-state index contributed by atoms with van der Waals surface area (Å²) in [5.41, 5.74) is 6.42. The van der Waals surface area contributed by atoms with Gasteiger partial charge in [-0.05, 0) is 70.5 Å². The number of aliphatic hydroxyl groups excluding tert-OH is 1. The van der Waals surface area contributed by atoms with E-state index in [1.165, 1.54) is 4.88 Å². The fourth-order valence-corrected chi connectivity index (χ4v) is 5.82. The zero-order valence-electron chi connectivity index (χ0n) is 16.4. The van der Waals surface area contributed by atoms with Crippen LogP contribution in [0.3, 0.4) is 0 Å². The lowest BCUT2D eigenvalue weighted by Gasteiger charge is -2.32. The molecule has 1 fully saturated rings. The van der Waals surface area contributed by atoms with E-state index >= 15 is 0 Å². The summed E-state index contributed by atoms with van der Waals surface area (Å²) in [6.45, 7) is 0. The van der Waals surface area contributed by atoms with Crippen LogP contribution in [0.2, 0.25) is 0 Å². The SMILES string of the molecule is CN(C)[C@H]1CC[C@H](Oc2ncnc3sc4c(c23)[C@@H](CC(O)C(N)=O)CC4)CC1. The molecular formula is C20H28N4O3S. The number of thiophene rings is 1. The molecule has 1 unspecified atom stereocenters. The zero-order chi connectivity index (χ0) is 19.8. The summed E-state index contributed by atoms with van der Waals surface area (Å²) in [5, 5.41) is 11.0. The average Bonchev–Trinajstić information content (AvgIpc) is 3.22. The Bertz CT molecular complexity index is 860. The lowest BCUT2D eigenvalue weighted by Crippen LogP contribution is -2.35. The highest BCUT2D eigenvalue weighted by molar-refractivity contribution is 7.19. The first-order valence-corrected chi connectivity index (χ1v) is 10.8. The number of nitrogens with two attached hydrogens (primary N) is 1. The Hall–Kier alpha value is -1.77. The number of rotatable bonds is 6. The molecule has 2 atom stereocenters. The number of nitrogens with zero attached hydrogens (tertiary/aromatic N) is 3. The van der Waals surface area contributed by atoms with E-state index in [1.807, 2.05) is 0 Å². The van der Waals surface area contributed by atoms with Crippen LogP contribution in [0.1, 0.15) is 54.9 Å². The first-order valence-electron chi connectivity index (χ1n) is 10.0. The van der Waals surface area contributed by atoms with Gasteiger partial charge in [0.05, 0.1) is 5.39 Å². The molecule has 152 valence electrons. The van der Waals surface area contributed by atoms with Crippen LogP contribution in [0.5, 0.6) is 5.88 Å². The van der Waals surface area contributed by atoms with Crippen molar-refractivity contribution in [1.82, 2.24) is 14.9 Å². The molecule has 28 heavy (non-hydrogen) atoms. The van der Waals surface area contributed by atoms with E-state index in [4.69, 9.17) is 10.5 Å². The Morgan fingerprint density at radius 3 is 2.75 bits per heavy atom. The third kappa shape index (κ3) is 3.73. The Labute approximate surface area is 168 Å². The minimum Gasteiger partial charge on any atom is -0.474 e. The molecule has 1 amide bonds. The van der Waals surface area contributed by atoms with Crippen LogP contribution < -0.4 is 10.5 Å². The second-order valence-electron chi connectivity index (χ2n) is 8.20. The molecule has 0 radical (unpaired) electrons. The summed E-state index contributed by atoms with van der Waals surface area (Å²) >= 11 is 1.67. The highest BCUT2D eigenvalue weighted by Gasteiger charge is 2.33. The monoisotopic (exact) mass is 404 g/mol. The lowest BCUT2D eigenvalue weighted by molar-refractivity contribution is -0.126. The van der Waals surface area contributed by atoms with Gasteiger partial charge < -0.3 is 20.5 Å². The van der Waals surface area contributed by atoms with Crippen molar-refractivity contribution >= 4 is 27.5 Å². The van der Waals surface area contributed by atoms with Crippen molar-refractivity contribution in [2.45, 2.75) is 69.1 Å². The van der Waals surface area contributed by atoms with Gasteiger partial charge in [0, 0.05) is 10.9 Å². The molecule has 2 heterocycles. The fraction of sp³-hybridized carbons (Fsp3) is 0.650. The number of aryl methyl sites for hydroxylation is 1. The van der Waals surface area contributed by atoms with Crippen molar-refractivity contribution in [3.63, 3.8) is 0 Å². The van der Waals surface area contributed by atoms with E-state index in [-0.39, 0.29) is 12.0 Å². The zero-order valence-corrected chi connectivity index (χ0v) is 17.2. The van der Waals surface area contributed by atoms with Crippen LogP contribution >= 0.6 is 11.3 Å². The molecule has 0 aromatic carbocycles. The molecule has 2 aromatic rings. The van der Waals surface area contributed by atoms with E-state index in [9.17, 15) is 9.90 Å². The van der Waals surface area contributed by atoms with E-state index in [2.05, 4.69) is 29.0 Å². The summed E-state index contributed by atoms with van der Waals surface area (Å²) < 4.78 is 6.36. The van der Waals surface area contributed by atoms with Crippen LogP contribution in [0.4, 0.5) is 0 Å². The molecule has 0 bridgehead atoms. The number of primary amides is 1. The number of carbonyl (C=O) groups excluding carboxylic acids is 1. The van der Waals surface area contributed by atoms with Gasteiger partial charge >= 0.3 is 0 Å². The van der Waals surface area contributed by atoms with E-state index in [0.717, 1.165) is 54.3 Å². The highest BCUT2D eigenvalue weighted by Crippen LogP contribution is 2.47. The molecular weight excluding hydrogens is 376 g/mol. The average molecular weight is 405 g/mol. The van der Waals surface area contributed by atoms with Crippen molar-refractivity contribution in [3.8, 4) is 5.88 Å². The first-order chi connectivity index (χ1) is 13.4. The molecule has 2 aliphatic carbocycles. The Morgan fingerprint density at radius 1 is 1.32 bits per heavy atom. The molecule has 4 rings (SSSR count). The summed E-state index contributed by atoms with van der Waals surface area (Å²) in [4.78, 5) is 24.7. The van der Waals surface area contributed by atoms with Crippen LogP contribution in [0.15, 0.2) is 6.33 Å². The van der Waals surface area contributed by atoms with E-state index in [1.54, 1.807) is 17.7 Å². The molecule has 0 aliphatic heterocycles. The largest absolute Gasteiger partial charge is 0.474 e. The number of amides is 1. The third-order valence-electron chi connectivity index (χ3n) is 6.18. The number of hydrogen-bond donors (Lipinski definition) is 2. The third-order valence-corrected chi connectivity index (χ3v) is 7.36. The van der Waals surface area contributed by atoms with Crippen LogP contribution in [0.25, 0.3) is 10.2 Å². The minimum absolute atomic E-state index is 0.0871. The first kappa shape index (κ1) is 19.5.